The molecule has 0 saturated carbocycles. The molecule has 1 N–H and O–H groups in total. The highest BCUT2D eigenvalue weighted by molar-refractivity contribution is 5.46. The molecule has 2 fully saturated rings. The van der Waals surface area contributed by atoms with Crippen LogP contribution < -0.4 is 10.2 Å². The Kier molecular flexibility index (Phi) is 3.81. The number of nitrogens with zero attached hydrogens (tertiary/aromatic N) is 2. The minimum atomic E-state index is 0.541. The van der Waals surface area contributed by atoms with Gasteiger partial charge in [-0.3, -0.25) is 10.2 Å². The number of benzene rings is 1. The van der Waals surface area contributed by atoms with Crippen molar-refractivity contribution >= 4 is 5.69 Å². The van der Waals surface area contributed by atoms with Crippen LogP contribution in [-0.4, -0.2) is 43.8 Å². The summed E-state index contributed by atoms with van der Waals surface area (Å²) in [6, 6.07) is 10.8. The van der Waals surface area contributed by atoms with Gasteiger partial charge in [-0.15, -0.1) is 0 Å². The third kappa shape index (κ3) is 2.68. The molecule has 0 amide bonds. The largest absolute Gasteiger partial charge is 0.367 e. The Morgan fingerprint density at radius 2 is 1.72 bits per heavy atom. The highest BCUT2D eigenvalue weighted by atomic mass is 15.3. The van der Waals surface area contributed by atoms with Gasteiger partial charge >= 0.3 is 0 Å². The molecule has 1 aromatic rings. The van der Waals surface area contributed by atoms with E-state index in [2.05, 4.69) is 45.4 Å². The Morgan fingerprint density at radius 3 is 2.50 bits per heavy atom. The van der Waals surface area contributed by atoms with Crippen LogP contribution in [0.5, 0.6) is 0 Å². The Bertz CT molecular complexity index is 359. The van der Waals surface area contributed by atoms with Gasteiger partial charge < -0.3 is 4.90 Å². The molecule has 2 heterocycles. The fourth-order valence-corrected chi connectivity index (χ4v) is 3.08. The highest BCUT2D eigenvalue weighted by Gasteiger charge is 2.25. The molecule has 1 unspecified atom stereocenters. The van der Waals surface area contributed by atoms with E-state index in [-0.39, 0.29) is 0 Å². The van der Waals surface area contributed by atoms with E-state index in [1.807, 2.05) is 0 Å². The van der Waals surface area contributed by atoms with Gasteiger partial charge in [-0.2, -0.15) is 0 Å². The molecular formula is C15H23N3. The topological polar surface area (TPSA) is 18.5 Å². The van der Waals surface area contributed by atoms with Crippen LogP contribution in [0.3, 0.4) is 0 Å². The summed E-state index contributed by atoms with van der Waals surface area (Å²) in [6.07, 6.45) is 4.68. The standard InChI is InChI=1S/C15H23N3/c1-3-7-14(8-4-1)18-12-9-16-15(13-18)17-10-5-2-6-11-17/h1,3-4,7-8,15-16H,2,5-6,9-13H2. The van der Waals surface area contributed by atoms with Crippen molar-refractivity contribution in [2.45, 2.75) is 25.4 Å². The zero-order valence-corrected chi connectivity index (χ0v) is 11.0. The maximum Gasteiger partial charge on any atom is 0.0778 e. The molecule has 18 heavy (non-hydrogen) atoms. The lowest BCUT2D eigenvalue weighted by Crippen LogP contribution is -2.59. The third-order valence-corrected chi connectivity index (χ3v) is 4.11. The summed E-state index contributed by atoms with van der Waals surface area (Å²) >= 11 is 0. The molecule has 98 valence electrons. The monoisotopic (exact) mass is 245 g/mol. The Balaban J connectivity index is 1.64. The first-order chi connectivity index (χ1) is 8.93. The average molecular weight is 245 g/mol. The number of rotatable bonds is 2. The van der Waals surface area contributed by atoms with Gasteiger partial charge in [0, 0.05) is 25.3 Å². The number of piperazine rings is 1. The molecule has 0 aliphatic carbocycles. The van der Waals surface area contributed by atoms with E-state index < -0.39 is 0 Å². The first-order valence-corrected chi connectivity index (χ1v) is 7.21. The molecule has 2 aliphatic heterocycles. The molecule has 2 aliphatic rings. The van der Waals surface area contributed by atoms with E-state index in [0.717, 1.165) is 19.6 Å². The molecule has 2 saturated heterocycles. The number of para-hydroxylation sites is 1. The Hall–Kier alpha value is -1.06. The molecule has 3 rings (SSSR count). The predicted molar refractivity (Wildman–Crippen MR) is 75.9 cm³/mol. The van der Waals surface area contributed by atoms with E-state index in [1.165, 1.54) is 38.0 Å². The maximum absolute atomic E-state index is 3.67. The van der Waals surface area contributed by atoms with Crippen LogP contribution in [0, 0.1) is 0 Å². The lowest BCUT2D eigenvalue weighted by Gasteiger charge is -2.42. The fourth-order valence-electron chi connectivity index (χ4n) is 3.08. The SMILES string of the molecule is c1ccc(N2CCNC(N3CCCCC3)C2)cc1. The second kappa shape index (κ2) is 5.72. The summed E-state index contributed by atoms with van der Waals surface area (Å²) in [4.78, 5) is 5.13. The van der Waals surface area contributed by atoms with Crippen LogP contribution in [0.4, 0.5) is 5.69 Å². The molecule has 1 aromatic carbocycles. The Labute approximate surface area is 110 Å². The first-order valence-electron chi connectivity index (χ1n) is 7.21. The van der Waals surface area contributed by atoms with Crippen LogP contribution in [-0.2, 0) is 0 Å². The maximum atomic E-state index is 3.67. The molecule has 3 nitrogen and oxygen atoms in total. The van der Waals surface area contributed by atoms with Crippen LogP contribution in [0.15, 0.2) is 30.3 Å². The molecular weight excluding hydrogens is 222 g/mol. The van der Waals surface area contributed by atoms with Gasteiger partial charge in [-0.25, -0.2) is 0 Å². The lowest BCUT2D eigenvalue weighted by molar-refractivity contribution is 0.131. The van der Waals surface area contributed by atoms with Gasteiger partial charge in [0.25, 0.3) is 0 Å². The van der Waals surface area contributed by atoms with E-state index in [1.54, 1.807) is 0 Å². The number of nitrogens with one attached hydrogen (secondary N) is 1. The van der Waals surface area contributed by atoms with E-state index >= 15 is 0 Å². The number of hydrogen-bond acceptors (Lipinski definition) is 3. The molecule has 0 bridgehead atoms. The second-order valence-electron chi connectivity index (χ2n) is 5.35. The summed E-state index contributed by atoms with van der Waals surface area (Å²) in [7, 11) is 0. The van der Waals surface area contributed by atoms with Crippen molar-refractivity contribution in [2.24, 2.45) is 0 Å². The van der Waals surface area contributed by atoms with Gasteiger partial charge in [0.05, 0.1) is 6.17 Å². The van der Waals surface area contributed by atoms with E-state index in [9.17, 15) is 0 Å². The van der Waals surface area contributed by atoms with Crippen LogP contribution in [0.2, 0.25) is 0 Å². The molecule has 0 spiro atoms. The average Bonchev–Trinajstić information content (AvgIpc) is 2.49. The lowest BCUT2D eigenvalue weighted by atomic mass is 10.1. The smallest absolute Gasteiger partial charge is 0.0778 e. The van der Waals surface area contributed by atoms with Crippen molar-refractivity contribution < 1.29 is 0 Å². The van der Waals surface area contributed by atoms with Crippen molar-refractivity contribution in [1.29, 1.82) is 0 Å². The van der Waals surface area contributed by atoms with Crippen molar-refractivity contribution in [1.82, 2.24) is 10.2 Å². The summed E-state index contributed by atoms with van der Waals surface area (Å²) < 4.78 is 0. The zero-order chi connectivity index (χ0) is 12.2. The number of likely N-dealkylation sites (tertiary alicyclic amines) is 1. The second-order valence-corrected chi connectivity index (χ2v) is 5.35. The predicted octanol–water partition coefficient (Wildman–Crippen LogP) is 1.91. The quantitative estimate of drug-likeness (QED) is 0.858. The summed E-state index contributed by atoms with van der Waals surface area (Å²) in [5, 5.41) is 3.67. The van der Waals surface area contributed by atoms with E-state index in [0.29, 0.717) is 6.17 Å². The molecule has 1 atom stereocenters. The molecule has 0 radical (unpaired) electrons. The van der Waals surface area contributed by atoms with E-state index in [4.69, 9.17) is 0 Å². The zero-order valence-electron chi connectivity index (χ0n) is 11.0. The normalized spacial score (nSPS) is 26.2. The third-order valence-electron chi connectivity index (χ3n) is 4.11. The molecule has 3 heteroatoms. The van der Waals surface area contributed by atoms with Crippen molar-refractivity contribution in [3.8, 4) is 0 Å². The number of piperidine rings is 1. The van der Waals surface area contributed by atoms with Crippen molar-refractivity contribution in [2.75, 3.05) is 37.6 Å². The van der Waals surface area contributed by atoms with Crippen molar-refractivity contribution in [3.05, 3.63) is 30.3 Å². The Morgan fingerprint density at radius 1 is 0.944 bits per heavy atom. The van der Waals surface area contributed by atoms with Crippen LogP contribution in [0.1, 0.15) is 19.3 Å². The van der Waals surface area contributed by atoms with Gasteiger partial charge in [0.1, 0.15) is 0 Å². The summed E-state index contributed by atoms with van der Waals surface area (Å²) in [5.41, 5.74) is 1.36. The van der Waals surface area contributed by atoms with Gasteiger partial charge in [0.2, 0.25) is 0 Å². The van der Waals surface area contributed by atoms with Gasteiger partial charge in [-0.1, -0.05) is 24.6 Å². The van der Waals surface area contributed by atoms with Gasteiger partial charge in [-0.05, 0) is 38.1 Å². The first kappa shape index (κ1) is 12.0. The summed E-state index contributed by atoms with van der Waals surface area (Å²) in [6.45, 7) is 5.86. The summed E-state index contributed by atoms with van der Waals surface area (Å²) in [5.74, 6) is 0. The number of hydrogen-bond donors (Lipinski definition) is 1. The van der Waals surface area contributed by atoms with Crippen LogP contribution >= 0.6 is 0 Å². The fraction of sp³-hybridized carbons (Fsp3) is 0.600. The number of anilines is 1. The van der Waals surface area contributed by atoms with Crippen LogP contribution in [0.25, 0.3) is 0 Å². The highest BCUT2D eigenvalue weighted by Crippen LogP contribution is 2.18. The van der Waals surface area contributed by atoms with Crippen molar-refractivity contribution in [3.63, 3.8) is 0 Å². The molecule has 0 aromatic heterocycles. The van der Waals surface area contributed by atoms with Gasteiger partial charge in [0.15, 0.2) is 0 Å². The minimum Gasteiger partial charge on any atom is -0.367 e. The minimum absolute atomic E-state index is 0.541.